The normalized spacial score (nSPS) is 20.6. The number of rotatable bonds is 1. The molecule has 1 aliphatic rings. The molecule has 1 aliphatic heterocycles. The van der Waals surface area contributed by atoms with Crippen molar-refractivity contribution in [2.24, 2.45) is 5.73 Å². The van der Waals surface area contributed by atoms with Crippen LogP contribution in [-0.2, 0) is 6.61 Å². The van der Waals surface area contributed by atoms with Crippen LogP contribution in [0.4, 0.5) is 5.69 Å². The molecule has 0 aliphatic carbocycles. The van der Waals surface area contributed by atoms with Crippen molar-refractivity contribution < 1.29 is 5.11 Å². The first-order valence-corrected chi connectivity index (χ1v) is 4.55. The summed E-state index contributed by atoms with van der Waals surface area (Å²) in [7, 11) is 0. The van der Waals surface area contributed by atoms with E-state index in [0.29, 0.717) is 0 Å². The van der Waals surface area contributed by atoms with E-state index in [9.17, 15) is 0 Å². The number of aliphatic hydroxyl groups excluding tert-OH is 1. The lowest BCUT2D eigenvalue weighted by Crippen LogP contribution is -2.23. The topological polar surface area (TPSA) is 58.3 Å². The lowest BCUT2D eigenvalue weighted by molar-refractivity contribution is 0.279. The number of hydrogen-bond donors (Lipinski definition) is 3. The SMILES string of the molecule is NC1CCNc2cccc(CO)c21. The molecule has 0 radical (unpaired) electrons. The van der Waals surface area contributed by atoms with E-state index < -0.39 is 0 Å². The predicted octanol–water partition coefficient (Wildman–Crippen LogP) is 0.994. The zero-order valence-corrected chi connectivity index (χ0v) is 7.46. The summed E-state index contributed by atoms with van der Waals surface area (Å²) in [6.45, 7) is 0.988. The Morgan fingerprint density at radius 3 is 3.15 bits per heavy atom. The molecule has 0 saturated heterocycles. The smallest absolute Gasteiger partial charge is 0.0685 e. The second kappa shape index (κ2) is 3.36. The summed E-state index contributed by atoms with van der Waals surface area (Å²) < 4.78 is 0. The molecular weight excluding hydrogens is 164 g/mol. The van der Waals surface area contributed by atoms with Gasteiger partial charge in [0, 0.05) is 18.3 Å². The van der Waals surface area contributed by atoms with Crippen molar-refractivity contribution in [3.8, 4) is 0 Å². The van der Waals surface area contributed by atoms with Crippen molar-refractivity contribution in [1.82, 2.24) is 0 Å². The Morgan fingerprint density at radius 2 is 2.38 bits per heavy atom. The summed E-state index contributed by atoms with van der Waals surface area (Å²) >= 11 is 0. The molecule has 1 aromatic carbocycles. The fraction of sp³-hybridized carbons (Fsp3) is 0.400. The van der Waals surface area contributed by atoms with Crippen LogP contribution in [0.2, 0.25) is 0 Å². The standard InChI is InChI=1S/C10H14N2O/c11-8-4-5-12-9-3-1-2-7(6-13)10(8)9/h1-3,8,12-13H,4-6,11H2. The minimum absolute atomic E-state index is 0.0680. The summed E-state index contributed by atoms with van der Waals surface area (Å²) in [5.41, 5.74) is 9.07. The average Bonchev–Trinajstić information content (AvgIpc) is 2.17. The van der Waals surface area contributed by atoms with Crippen molar-refractivity contribution in [3.63, 3.8) is 0 Å². The number of nitrogens with two attached hydrogens (primary N) is 1. The first-order valence-electron chi connectivity index (χ1n) is 4.55. The van der Waals surface area contributed by atoms with Gasteiger partial charge < -0.3 is 16.2 Å². The van der Waals surface area contributed by atoms with Crippen LogP contribution in [-0.4, -0.2) is 11.7 Å². The molecule has 1 heterocycles. The average molecular weight is 178 g/mol. The highest BCUT2D eigenvalue weighted by atomic mass is 16.3. The highest BCUT2D eigenvalue weighted by molar-refractivity contribution is 5.57. The maximum atomic E-state index is 9.13. The Kier molecular flexibility index (Phi) is 2.20. The lowest BCUT2D eigenvalue weighted by atomic mass is 9.94. The van der Waals surface area contributed by atoms with Crippen molar-refractivity contribution >= 4 is 5.69 Å². The van der Waals surface area contributed by atoms with Gasteiger partial charge in [-0.15, -0.1) is 0 Å². The first kappa shape index (κ1) is 8.53. The largest absolute Gasteiger partial charge is 0.392 e. The van der Waals surface area contributed by atoms with Crippen molar-refractivity contribution in [2.45, 2.75) is 19.1 Å². The van der Waals surface area contributed by atoms with Crippen LogP contribution in [0.15, 0.2) is 18.2 Å². The van der Waals surface area contributed by atoms with Crippen molar-refractivity contribution in [3.05, 3.63) is 29.3 Å². The highest BCUT2D eigenvalue weighted by Gasteiger charge is 2.18. The van der Waals surface area contributed by atoms with Gasteiger partial charge in [0.15, 0.2) is 0 Å². The summed E-state index contributed by atoms with van der Waals surface area (Å²) in [6.07, 6.45) is 0.935. The van der Waals surface area contributed by atoms with Gasteiger partial charge in [0.2, 0.25) is 0 Å². The molecule has 0 spiro atoms. The fourth-order valence-corrected chi connectivity index (χ4v) is 1.85. The maximum Gasteiger partial charge on any atom is 0.0685 e. The molecule has 3 nitrogen and oxygen atoms in total. The quantitative estimate of drug-likeness (QED) is 0.601. The monoisotopic (exact) mass is 178 g/mol. The molecule has 1 unspecified atom stereocenters. The van der Waals surface area contributed by atoms with E-state index in [1.807, 2.05) is 18.2 Å². The third kappa shape index (κ3) is 1.41. The van der Waals surface area contributed by atoms with E-state index in [-0.39, 0.29) is 12.6 Å². The molecule has 13 heavy (non-hydrogen) atoms. The van der Waals surface area contributed by atoms with Crippen molar-refractivity contribution in [2.75, 3.05) is 11.9 Å². The van der Waals surface area contributed by atoms with E-state index in [2.05, 4.69) is 5.32 Å². The minimum Gasteiger partial charge on any atom is -0.392 e. The van der Waals surface area contributed by atoms with Gasteiger partial charge in [-0.3, -0.25) is 0 Å². The van der Waals surface area contributed by atoms with Crippen LogP contribution in [0.5, 0.6) is 0 Å². The number of benzene rings is 1. The lowest BCUT2D eigenvalue weighted by Gasteiger charge is -2.25. The molecule has 4 N–H and O–H groups in total. The molecule has 0 amide bonds. The first-order chi connectivity index (χ1) is 6.33. The van der Waals surface area contributed by atoms with Gasteiger partial charge in [-0.1, -0.05) is 12.1 Å². The van der Waals surface area contributed by atoms with Crippen LogP contribution in [0.25, 0.3) is 0 Å². The van der Waals surface area contributed by atoms with Gasteiger partial charge in [-0.05, 0) is 23.6 Å². The highest BCUT2D eigenvalue weighted by Crippen LogP contribution is 2.30. The molecule has 1 aromatic rings. The molecule has 0 aromatic heterocycles. The Bertz CT molecular complexity index is 298. The molecule has 1 atom stereocenters. The van der Waals surface area contributed by atoms with E-state index in [4.69, 9.17) is 10.8 Å². The maximum absolute atomic E-state index is 9.13. The Hall–Kier alpha value is -1.06. The number of nitrogens with one attached hydrogen (secondary N) is 1. The van der Waals surface area contributed by atoms with Gasteiger partial charge in [0.05, 0.1) is 6.61 Å². The number of anilines is 1. The van der Waals surface area contributed by atoms with Gasteiger partial charge in [0.25, 0.3) is 0 Å². The zero-order valence-electron chi connectivity index (χ0n) is 7.46. The molecule has 0 saturated carbocycles. The van der Waals surface area contributed by atoms with E-state index in [0.717, 1.165) is 29.8 Å². The van der Waals surface area contributed by atoms with E-state index >= 15 is 0 Å². The van der Waals surface area contributed by atoms with Crippen molar-refractivity contribution in [1.29, 1.82) is 0 Å². The molecule has 70 valence electrons. The molecule has 0 bridgehead atoms. The molecular formula is C10H14N2O. The van der Waals surface area contributed by atoms with Gasteiger partial charge in [0.1, 0.15) is 0 Å². The van der Waals surface area contributed by atoms with Crippen LogP contribution < -0.4 is 11.1 Å². The summed E-state index contributed by atoms with van der Waals surface area (Å²) in [5.74, 6) is 0. The van der Waals surface area contributed by atoms with Crippen LogP contribution >= 0.6 is 0 Å². The van der Waals surface area contributed by atoms with Gasteiger partial charge in [-0.25, -0.2) is 0 Å². The van der Waals surface area contributed by atoms with Gasteiger partial charge >= 0.3 is 0 Å². The van der Waals surface area contributed by atoms with Crippen LogP contribution in [0.3, 0.4) is 0 Å². The molecule has 2 rings (SSSR count). The third-order valence-electron chi connectivity index (χ3n) is 2.51. The Labute approximate surface area is 77.6 Å². The third-order valence-corrected chi connectivity index (χ3v) is 2.51. The van der Waals surface area contributed by atoms with E-state index in [1.165, 1.54) is 0 Å². The van der Waals surface area contributed by atoms with E-state index in [1.54, 1.807) is 0 Å². The van der Waals surface area contributed by atoms with Crippen LogP contribution in [0, 0.1) is 0 Å². The Balaban J connectivity index is 2.50. The molecule has 0 fully saturated rings. The summed E-state index contributed by atoms with van der Waals surface area (Å²) in [4.78, 5) is 0. The summed E-state index contributed by atoms with van der Waals surface area (Å²) in [6, 6.07) is 5.94. The summed E-state index contributed by atoms with van der Waals surface area (Å²) in [5, 5.41) is 12.4. The fourth-order valence-electron chi connectivity index (χ4n) is 1.85. The van der Waals surface area contributed by atoms with Crippen LogP contribution in [0.1, 0.15) is 23.6 Å². The van der Waals surface area contributed by atoms with Gasteiger partial charge in [-0.2, -0.15) is 0 Å². The second-order valence-electron chi connectivity index (χ2n) is 3.36. The number of fused-ring (bicyclic) bond motifs is 1. The minimum atomic E-state index is 0.0680. The zero-order chi connectivity index (χ0) is 9.26. The number of hydrogen-bond acceptors (Lipinski definition) is 3. The Morgan fingerprint density at radius 1 is 1.54 bits per heavy atom. The molecule has 3 heteroatoms. The predicted molar refractivity (Wildman–Crippen MR) is 52.4 cm³/mol. The number of aliphatic hydroxyl groups is 1. The second-order valence-corrected chi connectivity index (χ2v) is 3.36.